The average molecular weight is 316 g/mol. The molecule has 0 bridgehead atoms. The third-order valence-corrected chi connectivity index (χ3v) is 3.38. The molecule has 0 amide bonds. The lowest BCUT2D eigenvalue weighted by molar-refractivity contribution is 0.929. The van der Waals surface area contributed by atoms with Gasteiger partial charge >= 0.3 is 0 Å². The number of hydrogen-bond donors (Lipinski definition) is 2. The van der Waals surface area contributed by atoms with E-state index in [1.165, 1.54) is 5.56 Å². The van der Waals surface area contributed by atoms with E-state index in [4.69, 9.17) is 5.26 Å². The molecule has 3 aromatic rings. The first-order valence-corrected chi connectivity index (χ1v) is 7.58. The summed E-state index contributed by atoms with van der Waals surface area (Å²) < 4.78 is 0. The smallest absolute Gasteiger partial charge is 0.244 e. The predicted octanol–water partition coefficient (Wildman–Crippen LogP) is 3.14. The van der Waals surface area contributed by atoms with Gasteiger partial charge < -0.3 is 10.6 Å². The van der Waals surface area contributed by atoms with Crippen molar-refractivity contribution >= 4 is 17.5 Å². The van der Waals surface area contributed by atoms with Crippen molar-refractivity contribution in [3.63, 3.8) is 0 Å². The zero-order chi connectivity index (χ0) is 16.6. The molecule has 0 atom stereocenters. The van der Waals surface area contributed by atoms with E-state index < -0.39 is 0 Å². The number of benzene rings is 2. The number of rotatable bonds is 6. The number of anilines is 3. The molecule has 1 aromatic heterocycles. The lowest BCUT2D eigenvalue weighted by Gasteiger charge is -2.08. The van der Waals surface area contributed by atoms with Crippen LogP contribution in [0.1, 0.15) is 11.1 Å². The Labute approximate surface area is 140 Å². The third-order valence-electron chi connectivity index (χ3n) is 3.38. The van der Waals surface area contributed by atoms with Crippen LogP contribution < -0.4 is 10.6 Å². The summed E-state index contributed by atoms with van der Waals surface area (Å²) in [5.74, 6) is 1.07. The Morgan fingerprint density at radius 3 is 2.54 bits per heavy atom. The van der Waals surface area contributed by atoms with Crippen LogP contribution in [0.15, 0.2) is 60.8 Å². The van der Waals surface area contributed by atoms with Gasteiger partial charge in [-0.1, -0.05) is 30.3 Å². The highest BCUT2D eigenvalue weighted by Gasteiger charge is 2.01. The molecule has 3 rings (SSSR count). The van der Waals surface area contributed by atoms with Gasteiger partial charge in [0.15, 0.2) is 5.82 Å². The Morgan fingerprint density at radius 2 is 1.79 bits per heavy atom. The molecule has 1 heterocycles. The lowest BCUT2D eigenvalue weighted by Crippen LogP contribution is -2.09. The molecule has 0 aliphatic heterocycles. The van der Waals surface area contributed by atoms with Crippen molar-refractivity contribution in [3.8, 4) is 6.07 Å². The topological polar surface area (TPSA) is 86.5 Å². The normalized spacial score (nSPS) is 9.96. The molecular weight excluding hydrogens is 300 g/mol. The Bertz CT molecular complexity index is 824. The molecule has 2 N–H and O–H groups in total. The Balaban J connectivity index is 1.58. The van der Waals surface area contributed by atoms with Gasteiger partial charge in [-0.2, -0.15) is 15.3 Å². The maximum Gasteiger partial charge on any atom is 0.244 e. The van der Waals surface area contributed by atoms with Crippen LogP contribution in [-0.4, -0.2) is 21.7 Å². The van der Waals surface area contributed by atoms with Gasteiger partial charge in [-0.3, -0.25) is 0 Å². The minimum atomic E-state index is 0.476. The molecule has 118 valence electrons. The Hall–Kier alpha value is -3.46. The summed E-state index contributed by atoms with van der Waals surface area (Å²) in [6.45, 7) is 0.728. The zero-order valence-corrected chi connectivity index (χ0v) is 13.0. The van der Waals surface area contributed by atoms with E-state index >= 15 is 0 Å². The van der Waals surface area contributed by atoms with Crippen LogP contribution in [0.2, 0.25) is 0 Å². The summed E-state index contributed by atoms with van der Waals surface area (Å²) in [5, 5.41) is 23.1. The van der Waals surface area contributed by atoms with Gasteiger partial charge in [0.25, 0.3) is 0 Å². The van der Waals surface area contributed by atoms with Crippen molar-refractivity contribution in [2.24, 2.45) is 0 Å². The van der Waals surface area contributed by atoms with E-state index in [9.17, 15) is 0 Å². The Morgan fingerprint density at radius 1 is 1.00 bits per heavy atom. The highest BCUT2D eigenvalue weighted by atomic mass is 15.3. The second-order valence-electron chi connectivity index (χ2n) is 5.14. The van der Waals surface area contributed by atoms with Crippen molar-refractivity contribution in [3.05, 3.63) is 71.9 Å². The average Bonchev–Trinajstić information content (AvgIpc) is 2.64. The number of hydrogen-bond acceptors (Lipinski definition) is 6. The first kappa shape index (κ1) is 15.4. The van der Waals surface area contributed by atoms with E-state index in [1.807, 2.05) is 30.3 Å². The van der Waals surface area contributed by atoms with E-state index in [0.717, 1.165) is 18.7 Å². The van der Waals surface area contributed by atoms with Crippen LogP contribution in [-0.2, 0) is 6.42 Å². The molecule has 24 heavy (non-hydrogen) atoms. The lowest BCUT2D eigenvalue weighted by atomic mass is 10.1. The van der Waals surface area contributed by atoms with Crippen LogP contribution in [0.25, 0.3) is 0 Å². The van der Waals surface area contributed by atoms with Crippen molar-refractivity contribution < 1.29 is 0 Å². The van der Waals surface area contributed by atoms with E-state index in [1.54, 1.807) is 18.3 Å². The van der Waals surface area contributed by atoms with Gasteiger partial charge in [0.2, 0.25) is 5.95 Å². The summed E-state index contributed by atoms with van der Waals surface area (Å²) in [6.07, 6.45) is 2.44. The third kappa shape index (κ3) is 4.27. The first-order chi connectivity index (χ1) is 11.8. The maximum atomic E-state index is 8.81. The van der Waals surface area contributed by atoms with Gasteiger partial charge in [0.05, 0.1) is 17.8 Å². The van der Waals surface area contributed by atoms with Crippen molar-refractivity contribution in [1.29, 1.82) is 5.26 Å². The molecule has 0 saturated heterocycles. The molecule has 0 radical (unpaired) electrons. The van der Waals surface area contributed by atoms with Crippen LogP contribution >= 0.6 is 0 Å². The quantitative estimate of drug-likeness (QED) is 0.726. The summed E-state index contributed by atoms with van der Waals surface area (Å²) in [7, 11) is 0. The van der Waals surface area contributed by atoms with Gasteiger partial charge in [-0.25, -0.2) is 0 Å². The SMILES string of the molecule is N#Cc1ccc(Nc2cnnc(NCCc3ccccc3)n2)cc1. The summed E-state index contributed by atoms with van der Waals surface area (Å²) >= 11 is 0. The van der Waals surface area contributed by atoms with E-state index in [-0.39, 0.29) is 0 Å². The van der Waals surface area contributed by atoms with Crippen LogP contribution in [0.5, 0.6) is 0 Å². The minimum absolute atomic E-state index is 0.476. The van der Waals surface area contributed by atoms with Crippen LogP contribution in [0.3, 0.4) is 0 Å². The van der Waals surface area contributed by atoms with Gasteiger partial charge in [0, 0.05) is 12.2 Å². The summed E-state index contributed by atoms with van der Waals surface area (Å²) in [6, 6.07) is 19.4. The maximum absolute atomic E-state index is 8.81. The fourth-order valence-corrected chi connectivity index (χ4v) is 2.18. The first-order valence-electron chi connectivity index (χ1n) is 7.58. The fourth-order valence-electron chi connectivity index (χ4n) is 2.18. The van der Waals surface area contributed by atoms with Gasteiger partial charge in [-0.15, -0.1) is 5.10 Å². The highest BCUT2D eigenvalue weighted by molar-refractivity contribution is 5.57. The number of nitriles is 1. The Kier molecular flexibility index (Phi) is 4.95. The summed E-state index contributed by atoms with van der Waals surface area (Å²) in [4.78, 5) is 4.38. The van der Waals surface area contributed by atoms with Crippen LogP contribution in [0.4, 0.5) is 17.5 Å². The molecule has 0 aliphatic carbocycles. The van der Waals surface area contributed by atoms with Crippen LogP contribution in [0, 0.1) is 11.3 Å². The molecule has 0 unspecified atom stereocenters. The summed E-state index contributed by atoms with van der Waals surface area (Å²) in [5.41, 5.74) is 2.71. The van der Waals surface area contributed by atoms with E-state index in [2.05, 4.69) is 44.0 Å². The highest BCUT2D eigenvalue weighted by Crippen LogP contribution is 2.15. The molecule has 0 spiro atoms. The van der Waals surface area contributed by atoms with Crippen molar-refractivity contribution in [2.45, 2.75) is 6.42 Å². The monoisotopic (exact) mass is 316 g/mol. The van der Waals surface area contributed by atoms with Crippen molar-refractivity contribution in [1.82, 2.24) is 15.2 Å². The number of nitrogens with one attached hydrogen (secondary N) is 2. The van der Waals surface area contributed by atoms with Crippen molar-refractivity contribution in [2.75, 3.05) is 17.2 Å². The second-order valence-corrected chi connectivity index (χ2v) is 5.14. The predicted molar refractivity (Wildman–Crippen MR) is 92.9 cm³/mol. The minimum Gasteiger partial charge on any atom is -0.353 e. The van der Waals surface area contributed by atoms with E-state index in [0.29, 0.717) is 17.3 Å². The molecule has 0 fully saturated rings. The number of nitrogens with zero attached hydrogens (tertiary/aromatic N) is 4. The molecule has 2 aromatic carbocycles. The molecule has 6 nitrogen and oxygen atoms in total. The fraction of sp³-hybridized carbons (Fsp3) is 0.111. The molecule has 0 saturated carbocycles. The molecule has 6 heteroatoms. The zero-order valence-electron chi connectivity index (χ0n) is 13.0. The molecular formula is C18H16N6. The number of aromatic nitrogens is 3. The van der Waals surface area contributed by atoms with Gasteiger partial charge in [-0.05, 0) is 36.2 Å². The second kappa shape index (κ2) is 7.70. The standard InChI is InChI=1S/C18H16N6/c19-12-15-6-8-16(9-7-15)22-17-13-21-24-18(23-17)20-11-10-14-4-2-1-3-5-14/h1-9,13H,10-11H2,(H2,20,22,23,24). The molecule has 0 aliphatic rings. The van der Waals surface area contributed by atoms with Gasteiger partial charge in [0.1, 0.15) is 0 Å². The largest absolute Gasteiger partial charge is 0.353 e.